The number of aromatic nitrogens is 1. The molecule has 0 fully saturated rings. The Morgan fingerprint density at radius 3 is 2.35 bits per heavy atom. The Balaban J connectivity index is 1.92. The summed E-state index contributed by atoms with van der Waals surface area (Å²) >= 11 is 11.7. The van der Waals surface area contributed by atoms with Gasteiger partial charge in [-0.3, -0.25) is 4.98 Å². The van der Waals surface area contributed by atoms with Crippen LogP contribution in [0, 0.1) is 5.82 Å². The Hall–Kier alpha value is -2.76. The fourth-order valence-electron chi connectivity index (χ4n) is 2.15. The van der Waals surface area contributed by atoms with Gasteiger partial charge in [-0.25, -0.2) is 9.18 Å². The van der Waals surface area contributed by atoms with E-state index < -0.39 is 5.97 Å². The van der Waals surface area contributed by atoms with Crippen molar-refractivity contribution in [3.05, 3.63) is 99.5 Å². The van der Waals surface area contributed by atoms with Crippen LogP contribution in [-0.4, -0.2) is 16.7 Å². The summed E-state index contributed by atoms with van der Waals surface area (Å²) in [7, 11) is 0. The minimum Gasteiger partial charge on any atom is -0.312 e. The number of pyridine rings is 1. The highest BCUT2D eigenvalue weighted by Gasteiger charge is 2.13. The van der Waals surface area contributed by atoms with Crippen molar-refractivity contribution in [3.63, 3.8) is 0 Å². The molecule has 0 unspecified atom stereocenters. The number of benzene rings is 2. The number of nitrogens with zero attached hydrogens (tertiary/aromatic N) is 2. The number of halogens is 3. The van der Waals surface area contributed by atoms with E-state index in [2.05, 4.69) is 10.1 Å². The Morgan fingerprint density at radius 2 is 1.69 bits per heavy atom. The number of hydrogen-bond acceptors (Lipinski definition) is 4. The highest BCUT2D eigenvalue weighted by atomic mass is 35.5. The van der Waals surface area contributed by atoms with Crippen LogP contribution in [0.2, 0.25) is 10.0 Å². The molecule has 0 aliphatic carbocycles. The van der Waals surface area contributed by atoms with Crippen LogP contribution >= 0.6 is 23.2 Å². The van der Waals surface area contributed by atoms with Gasteiger partial charge in [-0.05, 0) is 54.6 Å². The summed E-state index contributed by atoms with van der Waals surface area (Å²) in [6, 6.07) is 13.5. The second kappa shape index (κ2) is 8.08. The van der Waals surface area contributed by atoms with Gasteiger partial charge >= 0.3 is 5.97 Å². The van der Waals surface area contributed by atoms with Crippen molar-refractivity contribution in [1.29, 1.82) is 0 Å². The van der Waals surface area contributed by atoms with Crippen LogP contribution in [0.4, 0.5) is 4.39 Å². The van der Waals surface area contributed by atoms with E-state index in [0.29, 0.717) is 21.9 Å². The molecule has 0 saturated carbocycles. The zero-order valence-electron chi connectivity index (χ0n) is 13.2. The van der Waals surface area contributed by atoms with Crippen molar-refractivity contribution < 1.29 is 14.0 Å². The molecule has 4 nitrogen and oxygen atoms in total. The SMILES string of the molecule is O=C(O/N=C(/c1ccc(F)cc1)c1cccnc1)c1ccc(Cl)c(Cl)c1. The molecule has 0 radical (unpaired) electrons. The molecule has 0 bridgehead atoms. The quantitative estimate of drug-likeness (QED) is 0.353. The molecule has 0 aliphatic heterocycles. The van der Waals surface area contributed by atoms with Gasteiger partial charge in [0.15, 0.2) is 0 Å². The topological polar surface area (TPSA) is 51.5 Å². The number of oxime groups is 1. The minimum atomic E-state index is -0.702. The zero-order valence-corrected chi connectivity index (χ0v) is 14.7. The smallest absolute Gasteiger partial charge is 0.312 e. The summed E-state index contributed by atoms with van der Waals surface area (Å²) in [5.74, 6) is -1.08. The summed E-state index contributed by atoms with van der Waals surface area (Å²) in [6.45, 7) is 0. The lowest BCUT2D eigenvalue weighted by Gasteiger charge is -2.07. The molecule has 0 saturated heterocycles. The summed E-state index contributed by atoms with van der Waals surface area (Å²) in [4.78, 5) is 21.3. The maximum atomic E-state index is 13.2. The van der Waals surface area contributed by atoms with E-state index in [-0.39, 0.29) is 16.4 Å². The molecule has 7 heteroatoms. The highest BCUT2D eigenvalue weighted by molar-refractivity contribution is 6.42. The van der Waals surface area contributed by atoms with E-state index >= 15 is 0 Å². The molecule has 0 atom stereocenters. The molecule has 1 aromatic heterocycles. The molecule has 0 aliphatic rings. The summed E-state index contributed by atoms with van der Waals surface area (Å²) in [5, 5.41) is 4.51. The summed E-state index contributed by atoms with van der Waals surface area (Å²) in [5.41, 5.74) is 1.72. The van der Waals surface area contributed by atoms with Gasteiger partial charge in [-0.1, -0.05) is 28.4 Å². The number of hydrogen-bond donors (Lipinski definition) is 0. The Morgan fingerprint density at radius 1 is 0.962 bits per heavy atom. The van der Waals surface area contributed by atoms with Crippen LogP contribution in [0.3, 0.4) is 0 Å². The lowest BCUT2D eigenvalue weighted by molar-refractivity contribution is 0.0517. The average Bonchev–Trinajstić information content (AvgIpc) is 2.66. The van der Waals surface area contributed by atoms with Crippen molar-refractivity contribution in [2.45, 2.75) is 0 Å². The predicted octanol–water partition coefficient (Wildman–Crippen LogP) is 5.14. The Bertz CT molecular complexity index is 961. The lowest BCUT2D eigenvalue weighted by Crippen LogP contribution is -2.08. The fraction of sp³-hybridized carbons (Fsp3) is 0. The maximum Gasteiger partial charge on any atom is 0.365 e. The molecule has 2 aromatic carbocycles. The van der Waals surface area contributed by atoms with E-state index in [1.807, 2.05) is 0 Å². The van der Waals surface area contributed by atoms with Crippen LogP contribution in [0.15, 0.2) is 72.1 Å². The first-order chi connectivity index (χ1) is 12.5. The summed E-state index contributed by atoms with van der Waals surface area (Å²) < 4.78 is 13.2. The van der Waals surface area contributed by atoms with Crippen LogP contribution in [0.25, 0.3) is 0 Å². The largest absolute Gasteiger partial charge is 0.365 e. The van der Waals surface area contributed by atoms with E-state index in [1.54, 1.807) is 24.5 Å². The van der Waals surface area contributed by atoms with Gasteiger partial charge in [0.05, 0.1) is 15.6 Å². The molecular formula is C19H11Cl2FN2O2. The first kappa shape index (κ1) is 18.0. The fourth-order valence-corrected chi connectivity index (χ4v) is 2.44. The number of carbonyl (C=O) groups is 1. The predicted molar refractivity (Wildman–Crippen MR) is 98.2 cm³/mol. The second-order valence-electron chi connectivity index (χ2n) is 5.20. The third-order valence-electron chi connectivity index (χ3n) is 3.43. The average molecular weight is 389 g/mol. The van der Waals surface area contributed by atoms with Gasteiger partial charge in [-0.15, -0.1) is 0 Å². The zero-order chi connectivity index (χ0) is 18.5. The van der Waals surface area contributed by atoms with Crippen LogP contribution < -0.4 is 0 Å². The molecule has 0 amide bonds. The van der Waals surface area contributed by atoms with Crippen molar-refractivity contribution in [1.82, 2.24) is 4.98 Å². The van der Waals surface area contributed by atoms with Gasteiger partial charge in [0, 0.05) is 23.5 Å². The molecule has 130 valence electrons. The molecule has 1 heterocycles. The molecule has 3 aromatic rings. The van der Waals surface area contributed by atoms with Crippen LogP contribution in [-0.2, 0) is 4.84 Å². The monoisotopic (exact) mass is 388 g/mol. The van der Waals surface area contributed by atoms with E-state index in [0.717, 1.165) is 0 Å². The third-order valence-corrected chi connectivity index (χ3v) is 4.17. The van der Waals surface area contributed by atoms with Gasteiger partial charge in [-0.2, -0.15) is 0 Å². The van der Waals surface area contributed by atoms with E-state index in [1.165, 1.54) is 42.5 Å². The van der Waals surface area contributed by atoms with Gasteiger partial charge < -0.3 is 4.84 Å². The van der Waals surface area contributed by atoms with Crippen LogP contribution in [0.5, 0.6) is 0 Å². The van der Waals surface area contributed by atoms with Crippen molar-refractivity contribution in [2.24, 2.45) is 5.16 Å². The van der Waals surface area contributed by atoms with Crippen LogP contribution in [0.1, 0.15) is 21.5 Å². The lowest BCUT2D eigenvalue weighted by atomic mass is 10.0. The minimum absolute atomic E-state index is 0.202. The maximum absolute atomic E-state index is 13.2. The highest BCUT2D eigenvalue weighted by Crippen LogP contribution is 2.23. The molecular weight excluding hydrogens is 378 g/mol. The van der Waals surface area contributed by atoms with E-state index in [9.17, 15) is 9.18 Å². The van der Waals surface area contributed by atoms with Crippen molar-refractivity contribution in [3.8, 4) is 0 Å². The second-order valence-corrected chi connectivity index (χ2v) is 6.01. The van der Waals surface area contributed by atoms with Crippen molar-refractivity contribution >= 4 is 34.9 Å². The van der Waals surface area contributed by atoms with Crippen molar-refractivity contribution in [2.75, 3.05) is 0 Å². The summed E-state index contributed by atoms with van der Waals surface area (Å²) in [6.07, 6.45) is 3.17. The molecule has 0 N–H and O–H groups in total. The van der Waals surface area contributed by atoms with Gasteiger partial charge in [0.25, 0.3) is 0 Å². The number of carbonyl (C=O) groups excluding carboxylic acids is 1. The Kier molecular flexibility index (Phi) is 5.61. The first-order valence-corrected chi connectivity index (χ1v) is 8.21. The first-order valence-electron chi connectivity index (χ1n) is 7.45. The normalized spacial score (nSPS) is 11.3. The van der Waals surface area contributed by atoms with Gasteiger partial charge in [0.2, 0.25) is 0 Å². The molecule has 0 spiro atoms. The van der Waals surface area contributed by atoms with E-state index in [4.69, 9.17) is 28.0 Å². The molecule has 3 rings (SSSR count). The number of rotatable bonds is 4. The molecule has 26 heavy (non-hydrogen) atoms. The standard InChI is InChI=1S/C19H11Cl2FN2O2/c20-16-8-5-13(10-17(16)21)19(25)26-24-18(14-2-1-9-23-11-14)12-3-6-15(22)7-4-12/h1-11H/b24-18-. The Labute approximate surface area is 158 Å². The third kappa shape index (κ3) is 4.25. The van der Waals surface area contributed by atoms with Gasteiger partial charge in [0.1, 0.15) is 11.5 Å².